The van der Waals surface area contributed by atoms with Gasteiger partial charge < -0.3 is 15.0 Å². The highest BCUT2D eigenvalue weighted by molar-refractivity contribution is 7.15. The molecule has 0 aliphatic carbocycles. The van der Waals surface area contributed by atoms with Crippen LogP contribution in [0.15, 0.2) is 11.6 Å². The SMILES string of the molecule is CN1CCOC(CNCc2c(Cl)nc3sccn23)C1. The molecule has 0 aromatic carbocycles. The summed E-state index contributed by atoms with van der Waals surface area (Å²) in [5, 5.41) is 6.01. The van der Waals surface area contributed by atoms with E-state index in [1.165, 1.54) is 0 Å². The number of imidazole rings is 1. The van der Waals surface area contributed by atoms with E-state index in [1.807, 2.05) is 16.0 Å². The second kappa shape index (κ2) is 5.76. The highest BCUT2D eigenvalue weighted by atomic mass is 35.5. The summed E-state index contributed by atoms with van der Waals surface area (Å²) in [6.07, 6.45) is 2.25. The van der Waals surface area contributed by atoms with Crippen LogP contribution in [0, 0.1) is 0 Å². The number of morpholine rings is 1. The number of hydrogen-bond donors (Lipinski definition) is 1. The third-order valence-electron chi connectivity index (χ3n) is 3.32. The van der Waals surface area contributed by atoms with Crippen molar-refractivity contribution in [2.75, 3.05) is 33.3 Å². The van der Waals surface area contributed by atoms with Crippen LogP contribution in [0.1, 0.15) is 5.69 Å². The first kappa shape index (κ1) is 13.3. The first-order valence-electron chi connectivity index (χ1n) is 6.35. The molecule has 3 rings (SSSR count). The van der Waals surface area contributed by atoms with Crippen LogP contribution in [-0.2, 0) is 11.3 Å². The zero-order valence-electron chi connectivity index (χ0n) is 10.8. The molecule has 0 spiro atoms. The molecule has 0 bridgehead atoms. The molecule has 1 fully saturated rings. The van der Waals surface area contributed by atoms with Crippen LogP contribution >= 0.6 is 22.9 Å². The Morgan fingerprint density at radius 2 is 2.53 bits per heavy atom. The van der Waals surface area contributed by atoms with Crippen LogP contribution in [0.5, 0.6) is 0 Å². The fourth-order valence-corrected chi connectivity index (χ4v) is 3.33. The van der Waals surface area contributed by atoms with E-state index < -0.39 is 0 Å². The molecule has 7 heteroatoms. The van der Waals surface area contributed by atoms with Crippen molar-refractivity contribution in [1.82, 2.24) is 19.6 Å². The molecule has 0 amide bonds. The van der Waals surface area contributed by atoms with Crippen molar-refractivity contribution in [1.29, 1.82) is 0 Å². The Balaban J connectivity index is 1.57. The smallest absolute Gasteiger partial charge is 0.195 e. The zero-order valence-corrected chi connectivity index (χ0v) is 12.4. The predicted octanol–water partition coefficient (Wildman–Crippen LogP) is 1.47. The monoisotopic (exact) mass is 300 g/mol. The fraction of sp³-hybridized carbons (Fsp3) is 0.583. The molecule has 5 nitrogen and oxygen atoms in total. The normalized spacial score (nSPS) is 21.3. The van der Waals surface area contributed by atoms with Crippen LogP contribution < -0.4 is 5.32 Å². The Bertz CT molecular complexity index is 555. The minimum absolute atomic E-state index is 0.253. The Labute approximate surface area is 121 Å². The maximum atomic E-state index is 6.15. The van der Waals surface area contributed by atoms with Gasteiger partial charge in [0.1, 0.15) is 0 Å². The molecular weight excluding hydrogens is 284 g/mol. The van der Waals surface area contributed by atoms with Crippen LogP contribution in [0.4, 0.5) is 0 Å². The zero-order chi connectivity index (χ0) is 13.2. The number of nitrogens with one attached hydrogen (secondary N) is 1. The first-order valence-corrected chi connectivity index (χ1v) is 7.60. The van der Waals surface area contributed by atoms with E-state index in [0.29, 0.717) is 11.7 Å². The number of nitrogens with zero attached hydrogens (tertiary/aromatic N) is 3. The number of likely N-dealkylation sites (N-methyl/N-ethyl adjacent to an activating group) is 1. The molecule has 1 aliphatic heterocycles. The molecule has 2 aromatic rings. The minimum Gasteiger partial charge on any atom is -0.374 e. The highest BCUT2D eigenvalue weighted by Gasteiger charge is 2.18. The van der Waals surface area contributed by atoms with E-state index >= 15 is 0 Å². The van der Waals surface area contributed by atoms with Crippen molar-refractivity contribution in [3.8, 4) is 0 Å². The van der Waals surface area contributed by atoms with Gasteiger partial charge in [-0.3, -0.25) is 4.40 Å². The van der Waals surface area contributed by atoms with Gasteiger partial charge in [0.25, 0.3) is 0 Å². The molecule has 1 N–H and O–H groups in total. The van der Waals surface area contributed by atoms with Crippen molar-refractivity contribution in [2.24, 2.45) is 0 Å². The second-order valence-electron chi connectivity index (χ2n) is 4.79. The van der Waals surface area contributed by atoms with Crippen molar-refractivity contribution >= 4 is 27.9 Å². The molecule has 3 heterocycles. The van der Waals surface area contributed by atoms with Crippen LogP contribution in [0.2, 0.25) is 5.15 Å². The molecule has 19 heavy (non-hydrogen) atoms. The van der Waals surface area contributed by atoms with E-state index in [0.717, 1.165) is 36.9 Å². The number of ether oxygens (including phenoxy) is 1. The van der Waals surface area contributed by atoms with E-state index in [2.05, 4.69) is 22.2 Å². The number of hydrogen-bond acceptors (Lipinski definition) is 5. The summed E-state index contributed by atoms with van der Waals surface area (Å²) in [5.74, 6) is 0. The van der Waals surface area contributed by atoms with Gasteiger partial charge in [-0.15, -0.1) is 11.3 Å². The maximum absolute atomic E-state index is 6.15. The average molecular weight is 301 g/mol. The number of aromatic nitrogens is 2. The quantitative estimate of drug-likeness (QED) is 0.928. The number of rotatable bonds is 4. The van der Waals surface area contributed by atoms with Gasteiger partial charge in [0.05, 0.1) is 18.4 Å². The van der Waals surface area contributed by atoms with Crippen LogP contribution in [-0.4, -0.2) is 53.7 Å². The number of fused-ring (bicyclic) bond motifs is 1. The van der Waals surface area contributed by atoms with Crippen molar-refractivity contribution < 1.29 is 4.74 Å². The van der Waals surface area contributed by atoms with Crippen LogP contribution in [0.3, 0.4) is 0 Å². The van der Waals surface area contributed by atoms with E-state index in [9.17, 15) is 0 Å². The van der Waals surface area contributed by atoms with Crippen molar-refractivity contribution in [2.45, 2.75) is 12.6 Å². The first-order chi connectivity index (χ1) is 9.24. The second-order valence-corrected chi connectivity index (χ2v) is 6.02. The van der Waals surface area contributed by atoms with Crippen LogP contribution in [0.25, 0.3) is 4.96 Å². The summed E-state index contributed by atoms with van der Waals surface area (Å²) in [7, 11) is 2.12. The van der Waals surface area contributed by atoms with Gasteiger partial charge >= 0.3 is 0 Å². The summed E-state index contributed by atoms with van der Waals surface area (Å²) in [6, 6.07) is 0. The van der Waals surface area contributed by atoms with Gasteiger partial charge in [0.2, 0.25) is 0 Å². The van der Waals surface area contributed by atoms with Gasteiger partial charge in [0.15, 0.2) is 10.1 Å². The van der Waals surface area contributed by atoms with Gasteiger partial charge in [-0.2, -0.15) is 0 Å². The molecule has 0 saturated carbocycles. The highest BCUT2D eigenvalue weighted by Crippen LogP contribution is 2.21. The Hall–Kier alpha value is -0.660. The molecule has 1 saturated heterocycles. The molecule has 1 aliphatic rings. The summed E-state index contributed by atoms with van der Waals surface area (Å²) < 4.78 is 7.75. The molecular formula is C12H17ClN4OS. The standard InChI is InChI=1S/C12H17ClN4OS/c1-16-2-4-18-9(8-16)6-14-7-10-11(13)15-12-17(10)3-5-19-12/h3,5,9,14H,2,4,6-8H2,1H3. The summed E-state index contributed by atoms with van der Waals surface area (Å²) >= 11 is 7.74. The third kappa shape index (κ3) is 2.93. The molecule has 104 valence electrons. The lowest BCUT2D eigenvalue weighted by Crippen LogP contribution is -2.44. The van der Waals surface area contributed by atoms with Gasteiger partial charge in [-0.05, 0) is 7.05 Å². The lowest BCUT2D eigenvalue weighted by atomic mass is 10.3. The van der Waals surface area contributed by atoms with Crippen molar-refractivity contribution in [3.05, 3.63) is 22.4 Å². The lowest BCUT2D eigenvalue weighted by molar-refractivity contribution is -0.0182. The molecule has 2 aromatic heterocycles. The van der Waals surface area contributed by atoms with E-state index in [4.69, 9.17) is 16.3 Å². The van der Waals surface area contributed by atoms with Gasteiger partial charge in [-0.1, -0.05) is 11.6 Å². The Morgan fingerprint density at radius 3 is 3.37 bits per heavy atom. The topological polar surface area (TPSA) is 41.8 Å². The molecule has 1 atom stereocenters. The van der Waals surface area contributed by atoms with E-state index in [-0.39, 0.29) is 6.10 Å². The molecule has 0 radical (unpaired) electrons. The van der Waals surface area contributed by atoms with E-state index in [1.54, 1.807) is 11.3 Å². The lowest BCUT2D eigenvalue weighted by Gasteiger charge is -2.30. The average Bonchev–Trinajstić information content (AvgIpc) is 2.92. The number of halogens is 1. The van der Waals surface area contributed by atoms with Gasteiger partial charge in [-0.25, -0.2) is 4.98 Å². The predicted molar refractivity (Wildman–Crippen MR) is 77.0 cm³/mol. The Morgan fingerprint density at radius 1 is 1.63 bits per heavy atom. The summed E-state index contributed by atoms with van der Waals surface area (Å²) in [5.41, 5.74) is 1.02. The Kier molecular flexibility index (Phi) is 4.04. The third-order valence-corrected chi connectivity index (χ3v) is 4.38. The summed E-state index contributed by atoms with van der Waals surface area (Å²) in [6.45, 7) is 4.34. The maximum Gasteiger partial charge on any atom is 0.195 e. The number of thiazole rings is 1. The van der Waals surface area contributed by atoms with Gasteiger partial charge in [0, 0.05) is 37.8 Å². The minimum atomic E-state index is 0.253. The molecule has 1 unspecified atom stereocenters. The fourth-order valence-electron chi connectivity index (χ4n) is 2.31. The largest absolute Gasteiger partial charge is 0.374 e. The summed E-state index contributed by atoms with van der Waals surface area (Å²) in [4.78, 5) is 7.55. The van der Waals surface area contributed by atoms with Crippen molar-refractivity contribution in [3.63, 3.8) is 0 Å².